The van der Waals surface area contributed by atoms with Crippen LogP contribution in [0.3, 0.4) is 0 Å². The van der Waals surface area contributed by atoms with Gasteiger partial charge >= 0.3 is 0 Å². The van der Waals surface area contributed by atoms with Gasteiger partial charge in [-0.1, -0.05) is 19.3 Å². The highest BCUT2D eigenvalue weighted by Gasteiger charge is 2.29. The van der Waals surface area contributed by atoms with Crippen molar-refractivity contribution in [3.63, 3.8) is 0 Å². The normalized spacial score (nSPS) is 19.3. The molecule has 3 rings (SSSR count). The molecule has 160 valence electrons. The highest BCUT2D eigenvalue weighted by molar-refractivity contribution is 7.89. The van der Waals surface area contributed by atoms with Crippen molar-refractivity contribution >= 4 is 21.8 Å². The summed E-state index contributed by atoms with van der Waals surface area (Å²) in [5.41, 5.74) is 0.488. The first-order valence-electron chi connectivity index (χ1n) is 10.4. The van der Waals surface area contributed by atoms with E-state index in [0.717, 1.165) is 38.5 Å². The summed E-state index contributed by atoms with van der Waals surface area (Å²) in [6.45, 7) is 2.65. The summed E-state index contributed by atoms with van der Waals surface area (Å²) in [4.78, 5) is 25.9. The van der Waals surface area contributed by atoms with E-state index >= 15 is 0 Å². The average molecular weight is 422 g/mol. The molecule has 2 amide bonds. The van der Waals surface area contributed by atoms with Crippen LogP contribution in [0.2, 0.25) is 0 Å². The van der Waals surface area contributed by atoms with Crippen molar-refractivity contribution in [2.75, 3.05) is 20.1 Å². The third kappa shape index (κ3) is 5.17. The molecule has 8 heteroatoms. The Morgan fingerprint density at radius 2 is 1.59 bits per heavy atom. The summed E-state index contributed by atoms with van der Waals surface area (Å²) in [6.07, 6.45) is 6.56. The van der Waals surface area contributed by atoms with Crippen molar-refractivity contribution in [1.29, 1.82) is 0 Å². The molecule has 1 aromatic carbocycles. The Hall–Kier alpha value is -1.93. The van der Waals surface area contributed by atoms with Gasteiger partial charge in [0.05, 0.1) is 4.90 Å². The predicted octanol–water partition coefficient (Wildman–Crippen LogP) is 2.38. The molecule has 0 atom stereocenters. The van der Waals surface area contributed by atoms with Crippen molar-refractivity contribution in [3.8, 4) is 0 Å². The largest absolute Gasteiger partial charge is 0.353 e. The van der Waals surface area contributed by atoms with Gasteiger partial charge in [-0.3, -0.25) is 9.59 Å². The maximum atomic E-state index is 12.9. The Morgan fingerprint density at radius 3 is 2.14 bits per heavy atom. The molecule has 0 bridgehead atoms. The highest BCUT2D eigenvalue weighted by Crippen LogP contribution is 2.26. The molecule has 1 N–H and O–H groups in total. The van der Waals surface area contributed by atoms with Gasteiger partial charge < -0.3 is 10.2 Å². The summed E-state index contributed by atoms with van der Waals surface area (Å²) in [5.74, 6) is -0.152. The van der Waals surface area contributed by atoms with Crippen LogP contribution in [0.4, 0.5) is 0 Å². The van der Waals surface area contributed by atoms with E-state index in [1.807, 2.05) is 0 Å². The van der Waals surface area contributed by atoms with Crippen LogP contribution in [0.25, 0.3) is 0 Å². The fourth-order valence-electron chi connectivity index (χ4n) is 4.27. The van der Waals surface area contributed by atoms with E-state index in [9.17, 15) is 18.0 Å². The molecule has 1 aliphatic heterocycles. The third-order valence-electron chi connectivity index (χ3n) is 6.06. The molecular formula is C21H31N3O4S. The number of sulfonamides is 1. The van der Waals surface area contributed by atoms with Crippen molar-refractivity contribution < 1.29 is 18.0 Å². The molecule has 1 aliphatic carbocycles. The average Bonchev–Trinajstić information content (AvgIpc) is 2.73. The predicted molar refractivity (Wildman–Crippen MR) is 111 cm³/mol. The fourth-order valence-corrected chi connectivity index (χ4v) is 5.69. The van der Waals surface area contributed by atoms with Crippen LogP contribution in [0.15, 0.2) is 29.2 Å². The maximum absolute atomic E-state index is 12.9. The van der Waals surface area contributed by atoms with Gasteiger partial charge in [0.15, 0.2) is 0 Å². The van der Waals surface area contributed by atoms with Gasteiger partial charge in [-0.2, -0.15) is 4.31 Å². The van der Waals surface area contributed by atoms with Crippen LogP contribution in [-0.2, 0) is 14.8 Å². The van der Waals surface area contributed by atoms with Crippen LogP contribution in [0, 0.1) is 0 Å². The molecule has 7 nitrogen and oxygen atoms in total. The Labute approximate surface area is 173 Å². The number of carbonyl (C=O) groups is 2. The van der Waals surface area contributed by atoms with Crippen LogP contribution in [-0.4, -0.2) is 61.7 Å². The van der Waals surface area contributed by atoms with Crippen LogP contribution >= 0.6 is 0 Å². The standard InChI is InChI=1S/C21H31N3O4S/c1-16(25)22-18-12-14-24(15-13-18)21(26)17-8-10-20(11-9-17)29(27,28)23(2)19-6-4-3-5-7-19/h8-11,18-19H,3-7,12-15H2,1-2H3,(H,22,25). The van der Waals surface area contributed by atoms with E-state index in [1.54, 1.807) is 24.1 Å². The molecule has 1 heterocycles. The van der Waals surface area contributed by atoms with Crippen molar-refractivity contribution in [3.05, 3.63) is 29.8 Å². The summed E-state index contributed by atoms with van der Waals surface area (Å²) in [6, 6.07) is 6.44. The lowest BCUT2D eigenvalue weighted by Crippen LogP contribution is -2.46. The van der Waals surface area contributed by atoms with Crippen molar-refractivity contribution in [2.24, 2.45) is 0 Å². The number of hydrogen-bond donors (Lipinski definition) is 1. The SMILES string of the molecule is CC(=O)NC1CCN(C(=O)c2ccc(S(=O)(=O)N(C)C3CCCCC3)cc2)CC1. The number of likely N-dealkylation sites (tertiary alicyclic amines) is 1. The van der Waals surface area contributed by atoms with Gasteiger partial charge in [-0.25, -0.2) is 8.42 Å². The quantitative estimate of drug-likeness (QED) is 0.791. The molecular weight excluding hydrogens is 390 g/mol. The Kier molecular flexibility index (Phi) is 6.95. The van der Waals surface area contributed by atoms with Crippen LogP contribution < -0.4 is 5.32 Å². The van der Waals surface area contributed by atoms with Crippen molar-refractivity contribution in [1.82, 2.24) is 14.5 Å². The fraction of sp³-hybridized carbons (Fsp3) is 0.619. The third-order valence-corrected chi connectivity index (χ3v) is 7.98. The molecule has 0 aromatic heterocycles. The number of carbonyl (C=O) groups excluding carboxylic acids is 2. The van der Waals surface area contributed by atoms with Gasteiger partial charge in [0.2, 0.25) is 15.9 Å². The first kappa shape index (κ1) is 21.8. The summed E-state index contributed by atoms with van der Waals surface area (Å²) < 4.78 is 27.4. The minimum Gasteiger partial charge on any atom is -0.353 e. The Morgan fingerprint density at radius 1 is 1.00 bits per heavy atom. The lowest BCUT2D eigenvalue weighted by atomic mass is 9.96. The number of nitrogens with zero attached hydrogens (tertiary/aromatic N) is 2. The molecule has 29 heavy (non-hydrogen) atoms. The maximum Gasteiger partial charge on any atom is 0.253 e. The van der Waals surface area contributed by atoms with Gasteiger partial charge in [0.25, 0.3) is 5.91 Å². The van der Waals surface area contributed by atoms with E-state index in [-0.39, 0.29) is 28.8 Å². The number of amides is 2. The summed E-state index contributed by atoms with van der Waals surface area (Å²) in [7, 11) is -1.90. The molecule has 1 saturated carbocycles. The second-order valence-electron chi connectivity index (χ2n) is 8.10. The number of benzene rings is 1. The second-order valence-corrected chi connectivity index (χ2v) is 10.1. The first-order chi connectivity index (χ1) is 13.8. The Balaban J connectivity index is 1.63. The van der Waals surface area contributed by atoms with Gasteiger partial charge in [-0.15, -0.1) is 0 Å². The second kappa shape index (κ2) is 9.26. The Bertz CT molecular complexity index is 824. The molecule has 0 radical (unpaired) electrons. The number of nitrogens with one attached hydrogen (secondary N) is 1. The van der Waals surface area contributed by atoms with E-state index in [2.05, 4.69) is 5.32 Å². The van der Waals surface area contributed by atoms with Gasteiger partial charge in [-0.05, 0) is 49.9 Å². The molecule has 1 aromatic rings. The van der Waals surface area contributed by atoms with E-state index in [1.165, 1.54) is 29.8 Å². The van der Waals surface area contributed by atoms with Crippen LogP contribution in [0.5, 0.6) is 0 Å². The smallest absolute Gasteiger partial charge is 0.253 e. The van der Waals surface area contributed by atoms with Gasteiger partial charge in [0.1, 0.15) is 0 Å². The van der Waals surface area contributed by atoms with E-state index < -0.39 is 10.0 Å². The van der Waals surface area contributed by atoms with Gasteiger partial charge in [0, 0.05) is 44.7 Å². The summed E-state index contributed by atoms with van der Waals surface area (Å²) >= 11 is 0. The highest BCUT2D eigenvalue weighted by atomic mass is 32.2. The zero-order chi connectivity index (χ0) is 21.0. The molecule has 0 spiro atoms. The monoisotopic (exact) mass is 421 g/mol. The van der Waals surface area contributed by atoms with Crippen molar-refractivity contribution in [2.45, 2.75) is 68.8 Å². The minimum absolute atomic E-state index is 0.0511. The topological polar surface area (TPSA) is 86.8 Å². The lowest BCUT2D eigenvalue weighted by molar-refractivity contribution is -0.119. The molecule has 0 unspecified atom stereocenters. The lowest BCUT2D eigenvalue weighted by Gasteiger charge is -2.32. The molecule has 1 saturated heterocycles. The molecule has 2 aliphatic rings. The zero-order valence-electron chi connectivity index (χ0n) is 17.3. The number of piperidine rings is 1. The zero-order valence-corrected chi connectivity index (χ0v) is 18.1. The minimum atomic E-state index is -3.56. The number of rotatable bonds is 5. The first-order valence-corrected chi connectivity index (χ1v) is 11.9. The molecule has 2 fully saturated rings. The summed E-state index contributed by atoms with van der Waals surface area (Å²) in [5, 5.41) is 2.89. The number of hydrogen-bond acceptors (Lipinski definition) is 4. The van der Waals surface area contributed by atoms with E-state index in [4.69, 9.17) is 0 Å². The van der Waals surface area contributed by atoms with Crippen LogP contribution in [0.1, 0.15) is 62.2 Å². The van der Waals surface area contributed by atoms with E-state index in [0.29, 0.717) is 18.7 Å².